The number of benzene rings is 2. The van der Waals surface area contributed by atoms with E-state index in [2.05, 4.69) is 37.4 Å². The van der Waals surface area contributed by atoms with E-state index in [1.165, 1.54) is 6.07 Å². The van der Waals surface area contributed by atoms with Crippen LogP contribution in [0.5, 0.6) is 0 Å². The lowest BCUT2D eigenvalue weighted by Crippen LogP contribution is -2.41. The van der Waals surface area contributed by atoms with Crippen LogP contribution in [0.1, 0.15) is 34.6 Å². The summed E-state index contributed by atoms with van der Waals surface area (Å²) in [6.07, 6.45) is 0. The number of hydrogen-bond donors (Lipinski definition) is 4. The predicted molar refractivity (Wildman–Crippen MR) is 103 cm³/mol. The van der Waals surface area contributed by atoms with E-state index in [0.717, 1.165) is 0 Å². The molecule has 136 valence electrons. The number of nitrogens with one attached hydrogen (secondary N) is 4. The van der Waals surface area contributed by atoms with Gasteiger partial charge in [-0.3, -0.25) is 20.4 Å². The molecule has 0 spiro atoms. The van der Waals surface area contributed by atoms with Crippen LogP contribution in [0.15, 0.2) is 53.0 Å². The molecule has 0 unspecified atom stereocenters. The maximum Gasteiger partial charge on any atom is 0.319 e. The Balaban J connectivity index is 1.97. The van der Waals surface area contributed by atoms with Crippen molar-refractivity contribution in [2.75, 3.05) is 5.32 Å². The highest BCUT2D eigenvalue weighted by molar-refractivity contribution is 9.10. The average molecular weight is 419 g/mol. The van der Waals surface area contributed by atoms with Gasteiger partial charge < -0.3 is 10.6 Å². The molecule has 0 bridgehead atoms. The molecule has 4 amide bonds. The van der Waals surface area contributed by atoms with E-state index in [0.29, 0.717) is 21.3 Å². The lowest BCUT2D eigenvalue weighted by molar-refractivity contribution is 0.0846. The molecule has 0 fully saturated rings. The quantitative estimate of drug-likeness (QED) is 0.574. The Morgan fingerprint density at radius 1 is 0.923 bits per heavy atom. The second-order valence-electron chi connectivity index (χ2n) is 5.72. The van der Waals surface area contributed by atoms with Crippen LogP contribution in [0.25, 0.3) is 0 Å². The first-order valence-electron chi connectivity index (χ1n) is 7.89. The molecule has 0 saturated carbocycles. The van der Waals surface area contributed by atoms with Crippen LogP contribution < -0.4 is 21.5 Å². The molecule has 0 atom stereocenters. The summed E-state index contributed by atoms with van der Waals surface area (Å²) in [6, 6.07) is 12.9. The van der Waals surface area contributed by atoms with Gasteiger partial charge in [0.2, 0.25) is 0 Å². The minimum atomic E-state index is -0.502. The third kappa shape index (κ3) is 5.59. The fraction of sp³-hybridized carbons (Fsp3) is 0.167. The number of rotatable bonds is 4. The molecule has 2 aromatic carbocycles. The van der Waals surface area contributed by atoms with E-state index < -0.39 is 11.8 Å². The highest BCUT2D eigenvalue weighted by Crippen LogP contribution is 2.15. The Bertz CT molecular complexity index is 824. The molecule has 7 nitrogen and oxygen atoms in total. The normalized spacial score (nSPS) is 10.2. The fourth-order valence-corrected chi connectivity index (χ4v) is 2.53. The Hall–Kier alpha value is -2.87. The minimum absolute atomic E-state index is 0.00555. The zero-order chi connectivity index (χ0) is 19.1. The van der Waals surface area contributed by atoms with Crippen LogP contribution in [0, 0.1) is 0 Å². The third-order valence-electron chi connectivity index (χ3n) is 3.21. The third-order valence-corrected chi connectivity index (χ3v) is 3.90. The first-order chi connectivity index (χ1) is 12.4. The van der Waals surface area contributed by atoms with E-state index in [1.807, 2.05) is 13.8 Å². The lowest BCUT2D eigenvalue weighted by atomic mass is 10.2. The van der Waals surface area contributed by atoms with Crippen molar-refractivity contribution in [2.24, 2.45) is 0 Å². The van der Waals surface area contributed by atoms with Crippen molar-refractivity contribution in [3.05, 3.63) is 64.1 Å². The summed E-state index contributed by atoms with van der Waals surface area (Å²) in [5.41, 5.74) is 5.86. The topological polar surface area (TPSA) is 99.3 Å². The van der Waals surface area contributed by atoms with Crippen molar-refractivity contribution in [2.45, 2.75) is 19.9 Å². The second kappa shape index (κ2) is 9.00. The lowest BCUT2D eigenvalue weighted by Gasteiger charge is -2.11. The molecule has 26 heavy (non-hydrogen) atoms. The number of amides is 4. The number of hydrogen-bond acceptors (Lipinski definition) is 3. The SMILES string of the molecule is CC(C)NC(=O)Nc1cccc(C(=O)NNC(=O)c2ccccc2Br)c1. The van der Waals surface area contributed by atoms with E-state index in [-0.39, 0.29) is 12.1 Å². The Morgan fingerprint density at radius 2 is 1.62 bits per heavy atom. The number of hydrazine groups is 1. The van der Waals surface area contributed by atoms with Crippen LogP contribution in [0.3, 0.4) is 0 Å². The van der Waals surface area contributed by atoms with Gasteiger partial charge in [0, 0.05) is 21.8 Å². The molecule has 0 aromatic heterocycles. The zero-order valence-electron chi connectivity index (χ0n) is 14.3. The monoisotopic (exact) mass is 418 g/mol. The van der Waals surface area contributed by atoms with Crippen molar-refractivity contribution in [3.63, 3.8) is 0 Å². The molecule has 4 N–H and O–H groups in total. The highest BCUT2D eigenvalue weighted by atomic mass is 79.9. The molecular formula is C18H19BrN4O3. The van der Waals surface area contributed by atoms with Crippen LogP contribution in [-0.2, 0) is 0 Å². The Kier molecular flexibility index (Phi) is 6.74. The van der Waals surface area contributed by atoms with Gasteiger partial charge in [-0.05, 0) is 60.1 Å². The predicted octanol–water partition coefficient (Wildman–Crippen LogP) is 3.05. The van der Waals surface area contributed by atoms with Crippen molar-refractivity contribution in [3.8, 4) is 0 Å². The van der Waals surface area contributed by atoms with Gasteiger partial charge in [-0.15, -0.1) is 0 Å². The largest absolute Gasteiger partial charge is 0.336 e. The van der Waals surface area contributed by atoms with Gasteiger partial charge in [-0.1, -0.05) is 18.2 Å². The zero-order valence-corrected chi connectivity index (χ0v) is 15.9. The number of urea groups is 1. The van der Waals surface area contributed by atoms with Gasteiger partial charge in [0.1, 0.15) is 0 Å². The van der Waals surface area contributed by atoms with Gasteiger partial charge in [0.15, 0.2) is 0 Å². The summed E-state index contributed by atoms with van der Waals surface area (Å²) >= 11 is 3.28. The van der Waals surface area contributed by atoms with Gasteiger partial charge in [0.25, 0.3) is 11.8 Å². The van der Waals surface area contributed by atoms with Crippen molar-refractivity contribution < 1.29 is 14.4 Å². The first kappa shape index (κ1) is 19.5. The molecule has 0 aliphatic rings. The van der Waals surface area contributed by atoms with Gasteiger partial charge in [-0.25, -0.2) is 4.79 Å². The van der Waals surface area contributed by atoms with Crippen LogP contribution >= 0.6 is 15.9 Å². The molecule has 0 saturated heterocycles. The standard InChI is InChI=1S/C18H19BrN4O3/c1-11(2)20-18(26)21-13-7-5-6-12(10-13)16(24)22-23-17(25)14-8-3-4-9-15(14)19/h3-11H,1-2H3,(H,22,24)(H,23,25)(H2,20,21,26). The maximum atomic E-state index is 12.2. The summed E-state index contributed by atoms with van der Waals surface area (Å²) in [4.78, 5) is 36.0. The molecule has 0 aliphatic carbocycles. The minimum Gasteiger partial charge on any atom is -0.336 e. The molecule has 2 aromatic rings. The second-order valence-corrected chi connectivity index (χ2v) is 6.58. The molecule has 2 rings (SSSR count). The van der Waals surface area contributed by atoms with Crippen LogP contribution in [0.4, 0.5) is 10.5 Å². The summed E-state index contributed by atoms with van der Waals surface area (Å²) < 4.78 is 0.620. The molecule has 8 heteroatoms. The van der Waals surface area contributed by atoms with E-state index >= 15 is 0 Å². The highest BCUT2D eigenvalue weighted by Gasteiger charge is 2.12. The Morgan fingerprint density at radius 3 is 2.31 bits per heavy atom. The molecule has 0 heterocycles. The first-order valence-corrected chi connectivity index (χ1v) is 8.69. The van der Waals surface area contributed by atoms with E-state index in [1.54, 1.807) is 42.5 Å². The van der Waals surface area contributed by atoms with Crippen molar-refractivity contribution in [1.29, 1.82) is 0 Å². The number of carbonyl (C=O) groups is 3. The van der Waals surface area contributed by atoms with Crippen LogP contribution in [-0.4, -0.2) is 23.9 Å². The fourth-order valence-electron chi connectivity index (χ4n) is 2.07. The average Bonchev–Trinajstić information content (AvgIpc) is 2.59. The van der Waals surface area contributed by atoms with Crippen molar-refractivity contribution in [1.82, 2.24) is 16.2 Å². The number of carbonyl (C=O) groups excluding carboxylic acids is 3. The maximum absolute atomic E-state index is 12.2. The van der Waals surface area contributed by atoms with E-state index in [9.17, 15) is 14.4 Å². The number of anilines is 1. The van der Waals surface area contributed by atoms with Crippen molar-refractivity contribution >= 4 is 39.5 Å². The van der Waals surface area contributed by atoms with Gasteiger partial charge >= 0.3 is 6.03 Å². The molecular weight excluding hydrogens is 400 g/mol. The van der Waals surface area contributed by atoms with Gasteiger partial charge in [-0.2, -0.15) is 0 Å². The van der Waals surface area contributed by atoms with E-state index in [4.69, 9.17) is 0 Å². The molecule has 0 aliphatic heterocycles. The summed E-state index contributed by atoms with van der Waals surface area (Å²) in [5.74, 6) is -0.949. The summed E-state index contributed by atoms with van der Waals surface area (Å²) in [7, 11) is 0. The van der Waals surface area contributed by atoms with Gasteiger partial charge in [0.05, 0.1) is 5.56 Å². The number of halogens is 1. The Labute approximate surface area is 159 Å². The molecule has 0 radical (unpaired) electrons. The summed E-state index contributed by atoms with van der Waals surface area (Å²) in [6.45, 7) is 3.69. The smallest absolute Gasteiger partial charge is 0.319 e. The van der Waals surface area contributed by atoms with Crippen LogP contribution in [0.2, 0.25) is 0 Å². The summed E-state index contributed by atoms with van der Waals surface area (Å²) in [5, 5.41) is 5.33.